The van der Waals surface area contributed by atoms with Gasteiger partial charge in [0.25, 0.3) is 12.3 Å². The number of nitrogens with zero attached hydrogens (tertiary/aromatic N) is 2. The molecular formula is C15H21F2N5O2. The highest BCUT2D eigenvalue weighted by molar-refractivity contribution is 6.01. The molecular weight excluding hydrogens is 320 g/mol. The molecule has 1 fully saturated rings. The summed E-state index contributed by atoms with van der Waals surface area (Å²) in [7, 11) is 0. The van der Waals surface area contributed by atoms with Gasteiger partial charge in [-0.15, -0.1) is 0 Å². The maximum Gasteiger partial charge on any atom is 0.260 e. The Hall–Kier alpha value is -2.19. The number of anilines is 1. The minimum Gasteiger partial charge on any atom is -0.367 e. The van der Waals surface area contributed by atoms with Gasteiger partial charge in [-0.2, -0.15) is 5.10 Å². The number of alkyl halides is 2. The van der Waals surface area contributed by atoms with Gasteiger partial charge in [-0.1, -0.05) is 0 Å². The highest BCUT2D eigenvalue weighted by Gasteiger charge is 2.35. The molecule has 0 bridgehead atoms. The molecule has 2 aliphatic heterocycles. The molecule has 132 valence electrons. The van der Waals surface area contributed by atoms with Crippen molar-refractivity contribution in [2.75, 3.05) is 11.9 Å². The van der Waals surface area contributed by atoms with Crippen LogP contribution in [0.1, 0.15) is 49.0 Å². The lowest BCUT2D eigenvalue weighted by Gasteiger charge is -2.30. The number of carbonyl (C=O) groups is 2. The highest BCUT2D eigenvalue weighted by atomic mass is 19.3. The van der Waals surface area contributed by atoms with Crippen molar-refractivity contribution in [1.82, 2.24) is 20.4 Å². The van der Waals surface area contributed by atoms with Gasteiger partial charge in [-0.25, -0.2) is 13.5 Å². The highest BCUT2D eigenvalue weighted by Crippen LogP contribution is 2.33. The van der Waals surface area contributed by atoms with Gasteiger partial charge in [0.1, 0.15) is 23.5 Å². The average molecular weight is 341 g/mol. The van der Waals surface area contributed by atoms with E-state index in [1.807, 2.05) is 0 Å². The van der Waals surface area contributed by atoms with Crippen LogP contribution in [0.2, 0.25) is 0 Å². The molecule has 9 heteroatoms. The fourth-order valence-corrected chi connectivity index (χ4v) is 3.20. The first kappa shape index (κ1) is 16.7. The Morgan fingerprint density at radius 2 is 2.25 bits per heavy atom. The predicted octanol–water partition coefficient (Wildman–Crippen LogP) is 1.29. The van der Waals surface area contributed by atoms with E-state index in [0.717, 1.165) is 12.8 Å². The van der Waals surface area contributed by atoms with E-state index in [4.69, 9.17) is 0 Å². The molecule has 3 atom stereocenters. The minimum atomic E-state index is -2.56. The van der Waals surface area contributed by atoms with E-state index >= 15 is 0 Å². The van der Waals surface area contributed by atoms with Crippen LogP contribution in [0.15, 0.2) is 6.20 Å². The zero-order chi connectivity index (χ0) is 17.3. The predicted molar refractivity (Wildman–Crippen MR) is 83.1 cm³/mol. The van der Waals surface area contributed by atoms with Gasteiger partial charge in [0.05, 0.1) is 6.20 Å². The molecule has 3 heterocycles. The lowest BCUT2D eigenvalue weighted by Crippen LogP contribution is -2.45. The Morgan fingerprint density at radius 3 is 3.00 bits per heavy atom. The molecule has 3 N–H and O–H groups in total. The van der Waals surface area contributed by atoms with E-state index in [0.29, 0.717) is 13.0 Å². The van der Waals surface area contributed by atoms with Gasteiger partial charge in [0, 0.05) is 12.6 Å². The van der Waals surface area contributed by atoms with E-state index in [-0.39, 0.29) is 29.8 Å². The molecule has 1 aromatic heterocycles. The van der Waals surface area contributed by atoms with E-state index in [1.165, 1.54) is 10.9 Å². The number of fused-ring (bicyclic) bond motifs is 1. The molecule has 0 aliphatic carbocycles. The van der Waals surface area contributed by atoms with Crippen LogP contribution >= 0.6 is 0 Å². The zero-order valence-electron chi connectivity index (χ0n) is 13.4. The third-order valence-electron chi connectivity index (χ3n) is 4.46. The third-order valence-corrected chi connectivity index (χ3v) is 4.46. The van der Waals surface area contributed by atoms with Gasteiger partial charge < -0.3 is 16.0 Å². The summed E-state index contributed by atoms with van der Waals surface area (Å²) in [6.07, 6.45) is 1.22. The molecule has 0 radical (unpaired) electrons. The molecule has 1 aromatic rings. The fraction of sp³-hybridized carbons (Fsp3) is 0.667. The SMILES string of the molecule is C[C@@H]1C[C@H](C(F)F)n2ncc(C(=O)NC3CCCCNC3=O)c2N1. The number of aromatic nitrogens is 2. The van der Waals surface area contributed by atoms with Crippen LogP contribution in [0.25, 0.3) is 0 Å². The summed E-state index contributed by atoms with van der Waals surface area (Å²) >= 11 is 0. The van der Waals surface area contributed by atoms with Crippen molar-refractivity contribution in [3.05, 3.63) is 11.8 Å². The van der Waals surface area contributed by atoms with Crippen LogP contribution in [0.4, 0.5) is 14.6 Å². The molecule has 2 aliphatic rings. The van der Waals surface area contributed by atoms with Gasteiger partial charge in [-0.05, 0) is 32.6 Å². The number of hydrogen-bond acceptors (Lipinski definition) is 4. The largest absolute Gasteiger partial charge is 0.367 e. The molecule has 7 nitrogen and oxygen atoms in total. The van der Waals surface area contributed by atoms with E-state index in [1.54, 1.807) is 6.92 Å². The first-order valence-corrected chi connectivity index (χ1v) is 8.18. The van der Waals surface area contributed by atoms with Crippen LogP contribution in [-0.2, 0) is 4.79 Å². The van der Waals surface area contributed by atoms with Crippen molar-refractivity contribution in [3.63, 3.8) is 0 Å². The third kappa shape index (κ3) is 3.20. The van der Waals surface area contributed by atoms with Crippen LogP contribution in [0.3, 0.4) is 0 Å². The van der Waals surface area contributed by atoms with E-state index in [9.17, 15) is 18.4 Å². The average Bonchev–Trinajstić information content (AvgIpc) is 2.85. The first-order chi connectivity index (χ1) is 11.5. The summed E-state index contributed by atoms with van der Waals surface area (Å²) in [6, 6.07) is -1.86. The number of hydrogen-bond donors (Lipinski definition) is 3. The number of amides is 2. The minimum absolute atomic E-state index is 0.184. The van der Waals surface area contributed by atoms with Gasteiger partial charge in [0.15, 0.2) is 0 Å². The molecule has 0 aromatic carbocycles. The van der Waals surface area contributed by atoms with Gasteiger partial charge in [0.2, 0.25) is 5.91 Å². The molecule has 3 rings (SSSR count). The Morgan fingerprint density at radius 1 is 1.46 bits per heavy atom. The first-order valence-electron chi connectivity index (χ1n) is 8.18. The van der Waals surface area contributed by atoms with Crippen molar-refractivity contribution >= 4 is 17.6 Å². The molecule has 0 spiro atoms. The van der Waals surface area contributed by atoms with Crippen molar-refractivity contribution in [2.45, 2.75) is 57.2 Å². The monoisotopic (exact) mass is 341 g/mol. The van der Waals surface area contributed by atoms with Crippen molar-refractivity contribution in [1.29, 1.82) is 0 Å². The van der Waals surface area contributed by atoms with E-state index < -0.39 is 24.4 Å². The summed E-state index contributed by atoms with van der Waals surface area (Å²) in [5.41, 5.74) is 0.184. The summed E-state index contributed by atoms with van der Waals surface area (Å²) in [4.78, 5) is 24.5. The summed E-state index contributed by atoms with van der Waals surface area (Å²) in [6.45, 7) is 2.38. The Kier molecular flexibility index (Phi) is 4.68. The second-order valence-corrected chi connectivity index (χ2v) is 6.35. The Bertz CT molecular complexity index is 633. The van der Waals surface area contributed by atoms with Gasteiger partial charge >= 0.3 is 0 Å². The van der Waals surface area contributed by atoms with Crippen molar-refractivity contribution < 1.29 is 18.4 Å². The summed E-state index contributed by atoms with van der Waals surface area (Å²) in [5, 5.41) is 12.4. The molecule has 2 amide bonds. The van der Waals surface area contributed by atoms with Crippen LogP contribution in [0, 0.1) is 0 Å². The maximum absolute atomic E-state index is 13.2. The number of carbonyl (C=O) groups excluding carboxylic acids is 2. The summed E-state index contributed by atoms with van der Waals surface area (Å²) < 4.78 is 27.6. The standard InChI is InChI=1S/C15H21F2N5O2/c1-8-6-11(12(16)17)22-13(20-8)9(7-19-22)14(23)21-10-4-2-3-5-18-15(10)24/h7-8,10-12,20H,2-6H2,1H3,(H,18,24)(H,21,23)/t8-,10?,11-/m1/s1. The normalized spacial score (nSPS) is 27.0. The topological polar surface area (TPSA) is 88.1 Å². The number of nitrogens with one attached hydrogen (secondary N) is 3. The van der Waals surface area contributed by atoms with Crippen molar-refractivity contribution in [2.24, 2.45) is 0 Å². The second-order valence-electron chi connectivity index (χ2n) is 6.35. The lowest BCUT2D eigenvalue weighted by atomic mass is 10.1. The smallest absolute Gasteiger partial charge is 0.260 e. The van der Waals surface area contributed by atoms with Gasteiger partial charge in [-0.3, -0.25) is 9.59 Å². The zero-order valence-corrected chi connectivity index (χ0v) is 13.4. The van der Waals surface area contributed by atoms with Crippen LogP contribution in [0.5, 0.6) is 0 Å². The number of rotatable bonds is 3. The fourth-order valence-electron chi connectivity index (χ4n) is 3.20. The lowest BCUT2D eigenvalue weighted by molar-refractivity contribution is -0.122. The molecule has 0 saturated carbocycles. The maximum atomic E-state index is 13.2. The Labute approximate surface area is 138 Å². The Balaban J connectivity index is 1.80. The van der Waals surface area contributed by atoms with Crippen LogP contribution < -0.4 is 16.0 Å². The van der Waals surface area contributed by atoms with E-state index in [2.05, 4.69) is 21.0 Å². The quantitative estimate of drug-likeness (QED) is 0.773. The van der Waals surface area contributed by atoms with Crippen LogP contribution in [-0.4, -0.2) is 46.6 Å². The molecule has 1 unspecified atom stereocenters. The summed E-state index contributed by atoms with van der Waals surface area (Å²) in [5.74, 6) is -0.410. The number of halogens is 2. The second kappa shape index (κ2) is 6.74. The molecule has 1 saturated heterocycles. The molecule has 24 heavy (non-hydrogen) atoms. The van der Waals surface area contributed by atoms with Crippen molar-refractivity contribution in [3.8, 4) is 0 Å².